The third kappa shape index (κ3) is 6.02. The normalized spacial score (nSPS) is 11.9. The number of rotatable bonds is 4. The van der Waals surface area contributed by atoms with Gasteiger partial charge < -0.3 is 0 Å². The summed E-state index contributed by atoms with van der Waals surface area (Å²) in [5, 5.41) is 20.2. The Morgan fingerprint density at radius 1 is 0.444 bits per heavy atom. The minimum Gasteiger partial charge on any atom is -0.247 e. The molecule has 260 valence electrons. The summed E-state index contributed by atoms with van der Waals surface area (Å²) in [6.45, 7) is 0. The van der Waals surface area contributed by atoms with E-state index < -0.39 is 23.5 Å². The van der Waals surface area contributed by atoms with Crippen LogP contribution in [0.2, 0.25) is 0 Å². The smallest absolute Gasteiger partial charge is 0.247 e. The average Bonchev–Trinajstić information content (AvgIpc) is 3.19. The lowest BCUT2D eigenvalue weighted by Crippen LogP contribution is -2.11. The Morgan fingerprint density at radius 3 is 1.50 bits per heavy atom. The SMILES string of the molecule is N#Cc1ccc(-c2nc3cc(-c4cc(C(F)(F)F)cc(C(F)(F)F)c4)c4c(-c5ccccc5)nc5ccccc5c4c3nc2-c2ccc(C#N)cc2)cc1. The molecule has 8 aromatic rings. The van der Waals surface area contributed by atoms with Crippen molar-refractivity contribution in [3.05, 3.63) is 150 Å². The molecule has 2 heterocycles. The molecule has 0 aliphatic carbocycles. The zero-order valence-corrected chi connectivity index (χ0v) is 27.6. The Morgan fingerprint density at radius 2 is 0.944 bits per heavy atom. The Bertz CT molecular complexity index is 2820. The number of halogens is 6. The van der Waals surface area contributed by atoms with Crippen molar-refractivity contribution in [1.82, 2.24) is 15.0 Å². The van der Waals surface area contributed by atoms with E-state index in [1.807, 2.05) is 0 Å². The molecule has 0 fully saturated rings. The lowest BCUT2D eigenvalue weighted by Gasteiger charge is -2.20. The van der Waals surface area contributed by atoms with Crippen LogP contribution in [0.5, 0.6) is 0 Å². The van der Waals surface area contributed by atoms with E-state index in [0.29, 0.717) is 78.8 Å². The van der Waals surface area contributed by atoms with Crippen LogP contribution < -0.4 is 0 Å². The largest absolute Gasteiger partial charge is 0.416 e. The predicted octanol–water partition coefficient (Wildman–Crippen LogP) is 11.8. The van der Waals surface area contributed by atoms with E-state index in [2.05, 4.69) is 12.1 Å². The molecule has 0 spiro atoms. The summed E-state index contributed by atoms with van der Waals surface area (Å²) in [5.74, 6) is 0. The fourth-order valence-electron chi connectivity index (χ4n) is 6.61. The van der Waals surface area contributed by atoms with Gasteiger partial charge in [0, 0.05) is 32.8 Å². The molecule has 0 radical (unpaired) electrons. The first-order valence-corrected chi connectivity index (χ1v) is 16.4. The highest BCUT2D eigenvalue weighted by Crippen LogP contribution is 2.46. The van der Waals surface area contributed by atoms with Crippen LogP contribution in [0, 0.1) is 22.7 Å². The van der Waals surface area contributed by atoms with Crippen LogP contribution in [0.4, 0.5) is 26.3 Å². The van der Waals surface area contributed by atoms with Gasteiger partial charge in [-0.25, -0.2) is 15.0 Å². The Labute approximate surface area is 303 Å². The van der Waals surface area contributed by atoms with Crippen molar-refractivity contribution < 1.29 is 26.3 Å². The molecule has 5 nitrogen and oxygen atoms in total. The van der Waals surface area contributed by atoms with Crippen LogP contribution in [-0.2, 0) is 12.4 Å². The number of nitriles is 2. The molecule has 8 rings (SSSR count). The monoisotopic (exact) mass is 721 g/mol. The summed E-state index contributed by atoms with van der Waals surface area (Å²) in [7, 11) is 0. The van der Waals surface area contributed by atoms with Crippen molar-refractivity contribution in [1.29, 1.82) is 10.5 Å². The van der Waals surface area contributed by atoms with E-state index in [1.54, 1.807) is 103 Å². The van der Waals surface area contributed by atoms with Crippen LogP contribution in [0.15, 0.2) is 127 Å². The van der Waals surface area contributed by atoms with Crippen molar-refractivity contribution in [2.24, 2.45) is 0 Å². The average molecular weight is 722 g/mol. The molecule has 54 heavy (non-hydrogen) atoms. The number of nitrogens with zero attached hydrogens (tertiary/aromatic N) is 5. The van der Waals surface area contributed by atoms with Crippen LogP contribution >= 0.6 is 0 Å². The number of hydrogen-bond donors (Lipinski definition) is 0. The van der Waals surface area contributed by atoms with E-state index in [0.717, 1.165) is 0 Å². The van der Waals surface area contributed by atoms with Gasteiger partial charge in [0.05, 0.1) is 68.0 Å². The van der Waals surface area contributed by atoms with Crippen LogP contribution in [0.3, 0.4) is 0 Å². The van der Waals surface area contributed by atoms with Gasteiger partial charge in [0.2, 0.25) is 0 Å². The lowest BCUT2D eigenvalue weighted by atomic mass is 9.89. The number of fused-ring (bicyclic) bond motifs is 5. The maximum absolute atomic E-state index is 14.3. The molecule has 0 saturated heterocycles. The molecule has 2 aromatic heterocycles. The molecular formula is C43H21F6N5. The highest BCUT2D eigenvalue weighted by Gasteiger charge is 2.37. The first-order valence-electron chi connectivity index (χ1n) is 16.4. The van der Waals surface area contributed by atoms with E-state index in [4.69, 9.17) is 15.0 Å². The van der Waals surface area contributed by atoms with E-state index >= 15 is 0 Å². The summed E-state index contributed by atoms with van der Waals surface area (Å²) < 4.78 is 85.7. The topological polar surface area (TPSA) is 86.2 Å². The van der Waals surface area contributed by atoms with Gasteiger partial charge in [0.25, 0.3) is 0 Å². The standard InChI is InChI=1S/C43H21F6N5/c44-42(45,46)30-18-29(19-31(20-30)43(47,48)49)33-21-35-41(36-32-8-4-5-9-34(32)52-38(37(33)36)26-6-2-1-3-7-26)54-40(28-16-12-25(23-51)13-17-28)39(53-35)27-14-10-24(22-50)11-15-27/h1-21H. The van der Waals surface area contributed by atoms with Crippen LogP contribution in [0.25, 0.3) is 77.6 Å². The molecule has 0 unspecified atom stereocenters. The number of hydrogen-bond acceptors (Lipinski definition) is 5. The Hall–Kier alpha value is -7.11. The minimum atomic E-state index is -5.09. The molecular weight excluding hydrogens is 700 g/mol. The van der Waals surface area contributed by atoms with Gasteiger partial charge in [0.15, 0.2) is 0 Å². The molecule has 0 atom stereocenters. The fraction of sp³-hybridized carbons (Fsp3) is 0.0465. The first kappa shape index (κ1) is 34.0. The second kappa shape index (κ2) is 12.8. The van der Waals surface area contributed by atoms with Crippen molar-refractivity contribution in [3.8, 4) is 57.0 Å². The van der Waals surface area contributed by atoms with Gasteiger partial charge in [-0.05, 0) is 65.7 Å². The number of alkyl halides is 6. The maximum atomic E-state index is 14.3. The highest BCUT2D eigenvalue weighted by molar-refractivity contribution is 6.25. The van der Waals surface area contributed by atoms with Gasteiger partial charge in [-0.3, -0.25) is 0 Å². The fourth-order valence-corrected chi connectivity index (χ4v) is 6.61. The summed E-state index contributed by atoms with van der Waals surface area (Å²) in [4.78, 5) is 15.2. The third-order valence-corrected chi connectivity index (χ3v) is 9.12. The summed E-state index contributed by atoms with van der Waals surface area (Å²) in [5.41, 5.74) is 1.37. The molecule has 0 aliphatic rings. The highest BCUT2D eigenvalue weighted by atomic mass is 19.4. The van der Waals surface area contributed by atoms with Crippen molar-refractivity contribution in [2.45, 2.75) is 12.4 Å². The third-order valence-electron chi connectivity index (χ3n) is 9.12. The van der Waals surface area contributed by atoms with Gasteiger partial charge in [-0.1, -0.05) is 72.8 Å². The molecule has 11 heteroatoms. The summed E-state index contributed by atoms with van der Waals surface area (Å²) in [6, 6.07) is 36.3. The Kier molecular flexibility index (Phi) is 8.08. The number of pyridine rings is 1. The molecule has 0 saturated carbocycles. The first-order chi connectivity index (χ1) is 25.9. The zero-order chi connectivity index (χ0) is 37.8. The number of para-hydroxylation sites is 1. The van der Waals surface area contributed by atoms with Crippen LogP contribution in [0.1, 0.15) is 22.3 Å². The van der Waals surface area contributed by atoms with Crippen molar-refractivity contribution in [2.75, 3.05) is 0 Å². The molecule has 0 N–H and O–H groups in total. The van der Waals surface area contributed by atoms with Gasteiger partial charge in [-0.2, -0.15) is 36.9 Å². The molecule has 0 aliphatic heterocycles. The van der Waals surface area contributed by atoms with E-state index in [-0.39, 0.29) is 28.1 Å². The van der Waals surface area contributed by atoms with E-state index in [9.17, 15) is 36.9 Å². The maximum Gasteiger partial charge on any atom is 0.416 e. The second-order valence-electron chi connectivity index (χ2n) is 12.5. The predicted molar refractivity (Wildman–Crippen MR) is 194 cm³/mol. The quantitative estimate of drug-likeness (QED) is 0.133. The number of benzene rings is 6. The zero-order valence-electron chi connectivity index (χ0n) is 27.6. The Balaban J connectivity index is 1.59. The second-order valence-corrected chi connectivity index (χ2v) is 12.5. The van der Waals surface area contributed by atoms with Gasteiger partial charge in [-0.15, -0.1) is 0 Å². The van der Waals surface area contributed by atoms with Crippen LogP contribution in [-0.4, -0.2) is 15.0 Å². The summed E-state index contributed by atoms with van der Waals surface area (Å²) in [6.07, 6.45) is -10.2. The number of aromatic nitrogens is 3. The van der Waals surface area contributed by atoms with Crippen molar-refractivity contribution in [3.63, 3.8) is 0 Å². The minimum absolute atomic E-state index is 0.0393. The molecule has 0 amide bonds. The summed E-state index contributed by atoms with van der Waals surface area (Å²) >= 11 is 0. The van der Waals surface area contributed by atoms with Gasteiger partial charge >= 0.3 is 12.4 Å². The van der Waals surface area contributed by atoms with Gasteiger partial charge in [0.1, 0.15) is 0 Å². The lowest BCUT2D eigenvalue weighted by molar-refractivity contribution is -0.143. The van der Waals surface area contributed by atoms with Crippen molar-refractivity contribution >= 4 is 32.7 Å². The molecule has 6 aromatic carbocycles. The molecule has 0 bridgehead atoms. The van der Waals surface area contributed by atoms with E-state index in [1.165, 1.54) is 6.07 Å².